The van der Waals surface area contributed by atoms with Crippen molar-refractivity contribution in [1.29, 1.82) is 0 Å². The highest BCUT2D eigenvalue weighted by atomic mass is 79.9. The molecule has 250 valence electrons. The second-order valence-corrected chi connectivity index (χ2v) is 14.3. The lowest BCUT2D eigenvalue weighted by Gasteiger charge is -2.22. The highest BCUT2D eigenvalue weighted by molar-refractivity contribution is 9.09. The van der Waals surface area contributed by atoms with E-state index in [9.17, 15) is 4.79 Å². The molecule has 0 amide bonds. The van der Waals surface area contributed by atoms with Gasteiger partial charge in [-0.3, -0.25) is 0 Å². The van der Waals surface area contributed by atoms with E-state index in [0.29, 0.717) is 23.5 Å². The van der Waals surface area contributed by atoms with Crippen LogP contribution < -0.4 is 10.7 Å². The zero-order valence-electron chi connectivity index (χ0n) is 29.1. The Bertz CT molecular complexity index is 2190. The number of hydrogen-bond donors (Lipinski definition) is 1. The van der Waals surface area contributed by atoms with E-state index in [0.717, 1.165) is 68.2 Å². The number of fused-ring (bicyclic) bond motifs is 2. The molecule has 2 aliphatic rings. The molecule has 1 aliphatic carbocycles. The maximum Gasteiger partial charge on any atom is 0.338 e. The lowest BCUT2D eigenvalue weighted by Crippen LogP contribution is -2.13. The zero-order valence-corrected chi connectivity index (χ0v) is 30.7. The molecular weight excluding hydrogens is 672 g/mol. The summed E-state index contributed by atoms with van der Waals surface area (Å²) >= 11 is 3.43. The molecule has 6 rings (SSSR count). The number of halogens is 1. The van der Waals surface area contributed by atoms with E-state index in [1.54, 1.807) is 0 Å². The van der Waals surface area contributed by atoms with Gasteiger partial charge in [0.15, 0.2) is 0 Å². The average molecular weight is 716 g/mol. The van der Waals surface area contributed by atoms with Crippen molar-refractivity contribution in [3.63, 3.8) is 0 Å². The molecule has 4 aromatic carbocycles. The molecule has 0 saturated heterocycles. The van der Waals surface area contributed by atoms with Gasteiger partial charge >= 0.3 is 5.97 Å². The highest BCUT2D eigenvalue weighted by Crippen LogP contribution is 2.42. The Balaban J connectivity index is 1.59. The van der Waals surface area contributed by atoms with E-state index in [-0.39, 0.29) is 11.4 Å². The first-order valence-corrected chi connectivity index (χ1v) is 18.0. The molecule has 1 aliphatic heterocycles. The first kappa shape index (κ1) is 34.2. The molecule has 49 heavy (non-hydrogen) atoms. The van der Waals surface area contributed by atoms with E-state index >= 15 is 0 Å². The molecule has 0 bridgehead atoms. The van der Waals surface area contributed by atoms with E-state index < -0.39 is 0 Å². The summed E-state index contributed by atoms with van der Waals surface area (Å²) in [6.45, 7) is 13.4. The Morgan fingerprint density at radius 3 is 2.43 bits per heavy atom. The van der Waals surface area contributed by atoms with Gasteiger partial charge in [0.05, 0.1) is 23.2 Å². The topological polar surface area (TPSA) is 63.8 Å². The van der Waals surface area contributed by atoms with Crippen LogP contribution in [0.1, 0.15) is 66.7 Å². The summed E-state index contributed by atoms with van der Waals surface area (Å²) in [6, 6.07) is 32.7. The smallest absolute Gasteiger partial charge is 0.338 e. The Hall–Kier alpha value is -4.68. The number of aryl methyl sites for hydroxylation is 3. The van der Waals surface area contributed by atoms with Crippen molar-refractivity contribution >= 4 is 49.9 Å². The minimum Gasteiger partial charge on any atom is -0.462 e. The zero-order chi connectivity index (χ0) is 34.7. The number of alkyl halides is 1. The van der Waals surface area contributed by atoms with Crippen molar-refractivity contribution in [2.75, 3.05) is 17.3 Å². The highest BCUT2D eigenvalue weighted by Gasteiger charge is 2.23. The number of carbonyl (C=O) groups is 1. The minimum absolute atomic E-state index is 0.0690. The summed E-state index contributed by atoms with van der Waals surface area (Å²) in [5.74, 6) is 0.337. The van der Waals surface area contributed by atoms with Crippen LogP contribution in [0.3, 0.4) is 0 Å². The van der Waals surface area contributed by atoms with Crippen LogP contribution in [0.15, 0.2) is 106 Å². The van der Waals surface area contributed by atoms with Crippen LogP contribution in [0.25, 0.3) is 33.4 Å². The summed E-state index contributed by atoms with van der Waals surface area (Å²) in [5, 5.41) is 6.13. The number of anilines is 2. The quantitative estimate of drug-likeness (QED) is 0.0701. The van der Waals surface area contributed by atoms with Crippen LogP contribution in [0.2, 0.25) is 0 Å². The fourth-order valence-electron chi connectivity index (χ4n) is 6.38. The molecule has 0 aromatic heterocycles. The SMILES string of the molecule is CCc1cccc(C)c1Nc1ccc2c(-c3ccccc3C(=O)OCCCBr)c3ccc(=Nc4c(C)cccc4C(C)(C)C)cc-3oc2c1. The van der Waals surface area contributed by atoms with Crippen molar-refractivity contribution in [3.05, 3.63) is 130 Å². The first-order chi connectivity index (χ1) is 23.6. The van der Waals surface area contributed by atoms with Crippen LogP contribution in [0, 0.1) is 13.8 Å². The Labute approximate surface area is 297 Å². The van der Waals surface area contributed by atoms with Crippen molar-refractivity contribution < 1.29 is 13.9 Å². The fraction of sp³-hybridized carbons (Fsp3) is 0.256. The van der Waals surface area contributed by atoms with Crippen LogP contribution in [-0.4, -0.2) is 17.9 Å². The molecule has 1 N–H and O–H groups in total. The van der Waals surface area contributed by atoms with Gasteiger partial charge in [0.1, 0.15) is 11.3 Å². The van der Waals surface area contributed by atoms with Crippen molar-refractivity contribution in [1.82, 2.24) is 0 Å². The number of benzene rings is 5. The van der Waals surface area contributed by atoms with Gasteiger partial charge in [-0.15, -0.1) is 0 Å². The minimum atomic E-state index is -0.343. The van der Waals surface area contributed by atoms with Gasteiger partial charge in [-0.05, 0) is 90.3 Å². The van der Waals surface area contributed by atoms with Crippen LogP contribution in [0.5, 0.6) is 0 Å². The van der Waals surface area contributed by atoms with E-state index in [2.05, 4.69) is 117 Å². The Morgan fingerprint density at radius 1 is 0.878 bits per heavy atom. The molecule has 0 atom stereocenters. The molecule has 1 heterocycles. The summed E-state index contributed by atoms with van der Waals surface area (Å²) in [7, 11) is 0. The third-order valence-electron chi connectivity index (χ3n) is 8.93. The van der Waals surface area contributed by atoms with Gasteiger partial charge < -0.3 is 14.5 Å². The summed E-state index contributed by atoms with van der Waals surface area (Å²) in [5.41, 5.74) is 11.5. The summed E-state index contributed by atoms with van der Waals surface area (Å²) in [6.07, 6.45) is 1.66. The number of ether oxygens (including phenoxy) is 1. The lowest BCUT2D eigenvalue weighted by molar-refractivity contribution is 0.0507. The van der Waals surface area contributed by atoms with E-state index in [1.165, 1.54) is 16.7 Å². The van der Waals surface area contributed by atoms with Crippen LogP contribution in [0.4, 0.5) is 17.1 Å². The average Bonchev–Trinajstić information content (AvgIpc) is 3.08. The third kappa shape index (κ3) is 7.20. The van der Waals surface area contributed by atoms with Gasteiger partial charge in [0, 0.05) is 45.4 Å². The predicted molar refractivity (Wildman–Crippen MR) is 206 cm³/mol. The fourth-order valence-corrected chi connectivity index (χ4v) is 6.61. The summed E-state index contributed by atoms with van der Waals surface area (Å²) < 4.78 is 12.4. The second-order valence-electron chi connectivity index (χ2n) is 13.5. The molecule has 4 aromatic rings. The monoisotopic (exact) mass is 714 g/mol. The molecule has 0 fully saturated rings. The van der Waals surface area contributed by atoms with Crippen LogP contribution >= 0.6 is 15.9 Å². The molecule has 0 unspecified atom stereocenters. The molecule has 0 radical (unpaired) electrons. The maximum atomic E-state index is 13.5. The standard InChI is InChI=1S/C43H43BrN2O3/c1-7-29-15-10-13-27(2)40(29)45-30-19-21-34-37(25-30)49-38-26-31(46-41-28(3)14-11-18-36(41)43(4,5)6)20-22-35(38)39(34)32-16-8-9-17-33(32)42(47)48-24-12-23-44/h8-11,13-22,25-26,45H,7,12,23-24H2,1-6H3. The first-order valence-electron chi connectivity index (χ1n) is 16.9. The van der Waals surface area contributed by atoms with Crippen molar-refractivity contribution in [2.24, 2.45) is 4.99 Å². The van der Waals surface area contributed by atoms with Gasteiger partial charge in [-0.2, -0.15) is 0 Å². The largest absolute Gasteiger partial charge is 0.462 e. The van der Waals surface area contributed by atoms with E-state index in [1.807, 2.05) is 42.5 Å². The number of hydrogen-bond acceptors (Lipinski definition) is 5. The second kappa shape index (κ2) is 14.4. The Morgan fingerprint density at radius 2 is 1.65 bits per heavy atom. The molecular formula is C43H43BrN2O3. The van der Waals surface area contributed by atoms with Crippen molar-refractivity contribution in [3.8, 4) is 22.5 Å². The van der Waals surface area contributed by atoms with Gasteiger partial charge in [0.2, 0.25) is 0 Å². The number of esters is 1. The number of carbonyl (C=O) groups excluding carboxylic acids is 1. The molecule has 6 heteroatoms. The van der Waals surface area contributed by atoms with Crippen LogP contribution in [-0.2, 0) is 16.6 Å². The number of nitrogens with zero attached hydrogens (tertiary/aromatic N) is 1. The molecule has 0 spiro atoms. The normalized spacial score (nSPS) is 12.1. The predicted octanol–water partition coefficient (Wildman–Crippen LogP) is 11.6. The lowest BCUT2D eigenvalue weighted by atomic mass is 9.84. The van der Waals surface area contributed by atoms with Crippen molar-refractivity contribution in [2.45, 2.75) is 59.8 Å². The van der Waals surface area contributed by atoms with Gasteiger partial charge in [-0.25, -0.2) is 9.79 Å². The Kier molecular flexibility index (Phi) is 10.1. The number of para-hydroxylation sites is 2. The molecule has 0 saturated carbocycles. The summed E-state index contributed by atoms with van der Waals surface area (Å²) in [4.78, 5) is 18.6. The van der Waals surface area contributed by atoms with Gasteiger partial charge in [0.25, 0.3) is 0 Å². The van der Waals surface area contributed by atoms with Gasteiger partial charge in [-0.1, -0.05) is 98.2 Å². The number of rotatable bonds is 9. The number of nitrogens with one attached hydrogen (secondary N) is 1. The third-order valence-corrected chi connectivity index (χ3v) is 9.49. The van der Waals surface area contributed by atoms with E-state index in [4.69, 9.17) is 14.1 Å². The maximum absolute atomic E-state index is 13.5. The molecule has 5 nitrogen and oxygen atoms in total.